The molecule has 0 aliphatic carbocycles. The third-order valence-corrected chi connectivity index (χ3v) is 3.21. The van der Waals surface area contributed by atoms with Crippen LogP contribution >= 0.6 is 0 Å². The second kappa shape index (κ2) is 7.01. The van der Waals surface area contributed by atoms with Crippen molar-refractivity contribution in [3.63, 3.8) is 0 Å². The van der Waals surface area contributed by atoms with Crippen molar-refractivity contribution in [2.24, 2.45) is 11.7 Å². The van der Waals surface area contributed by atoms with Crippen LogP contribution in [0.5, 0.6) is 5.75 Å². The Balaban J connectivity index is 2.33. The Kier molecular flexibility index (Phi) is 5.65. The Bertz CT molecular complexity index is 376. The molecule has 100 valence electrons. The van der Waals surface area contributed by atoms with Gasteiger partial charge in [-0.15, -0.1) is 0 Å². The van der Waals surface area contributed by atoms with Crippen molar-refractivity contribution >= 4 is 5.91 Å². The molecule has 0 saturated carbocycles. The molecule has 0 bridgehead atoms. The molecular weight excluding hydrogens is 228 g/mol. The summed E-state index contributed by atoms with van der Waals surface area (Å²) in [6.45, 7) is 4.56. The normalized spacial score (nSPS) is 13.9. The van der Waals surface area contributed by atoms with Gasteiger partial charge in [-0.3, -0.25) is 4.79 Å². The predicted octanol–water partition coefficient (Wildman–Crippen LogP) is 1.42. The molecule has 4 nitrogen and oxygen atoms in total. The zero-order valence-corrected chi connectivity index (χ0v) is 11.0. The molecule has 0 aliphatic rings. The monoisotopic (exact) mass is 250 g/mol. The minimum atomic E-state index is -0.435. The Morgan fingerprint density at radius 1 is 1.39 bits per heavy atom. The van der Waals surface area contributed by atoms with Crippen LogP contribution < -0.4 is 11.1 Å². The lowest BCUT2D eigenvalue weighted by Gasteiger charge is -2.17. The molecule has 1 rings (SSSR count). The summed E-state index contributed by atoms with van der Waals surface area (Å²) in [4.78, 5) is 11.7. The predicted molar refractivity (Wildman–Crippen MR) is 72.3 cm³/mol. The molecule has 2 atom stereocenters. The maximum Gasteiger partial charge on any atom is 0.237 e. The van der Waals surface area contributed by atoms with Crippen LogP contribution in [0.15, 0.2) is 24.3 Å². The number of phenols is 1. The Hall–Kier alpha value is -1.55. The second-order valence-corrected chi connectivity index (χ2v) is 4.62. The van der Waals surface area contributed by atoms with E-state index in [0.29, 0.717) is 6.54 Å². The average Bonchev–Trinajstić information content (AvgIpc) is 2.39. The minimum absolute atomic E-state index is 0.0943. The number of aromatic hydroxyl groups is 1. The molecule has 0 unspecified atom stereocenters. The Morgan fingerprint density at radius 3 is 2.56 bits per heavy atom. The molecule has 0 aromatic heterocycles. The maximum atomic E-state index is 11.7. The highest BCUT2D eigenvalue weighted by Crippen LogP contribution is 2.09. The van der Waals surface area contributed by atoms with Crippen LogP contribution in [0.3, 0.4) is 0 Å². The molecule has 0 fully saturated rings. The van der Waals surface area contributed by atoms with E-state index in [1.165, 1.54) is 0 Å². The first kappa shape index (κ1) is 14.5. The van der Waals surface area contributed by atoms with Crippen molar-refractivity contribution in [1.82, 2.24) is 5.32 Å². The van der Waals surface area contributed by atoms with Crippen molar-refractivity contribution in [3.8, 4) is 5.75 Å². The Labute approximate surface area is 108 Å². The van der Waals surface area contributed by atoms with E-state index in [1.807, 2.05) is 26.0 Å². The number of hydrogen-bond donors (Lipinski definition) is 3. The van der Waals surface area contributed by atoms with Gasteiger partial charge >= 0.3 is 0 Å². The van der Waals surface area contributed by atoms with Gasteiger partial charge in [-0.1, -0.05) is 32.4 Å². The lowest BCUT2D eigenvalue weighted by Crippen LogP contribution is -2.45. The molecule has 4 heteroatoms. The van der Waals surface area contributed by atoms with E-state index in [1.54, 1.807) is 12.1 Å². The van der Waals surface area contributed by atoms with E-state index in [0.717, 1.165) is 18.4 Å². The summed E-state index contributed by atoms with van der Waals surface area (Å²) in [5.74, 6) is 0.350. The van der Waals surface area contributed by atoms with Crippen LogP contribution in [0.4, 0.5) is 0 Å². The molecule has 0 saturated heterocycles. The van der Waals surface area contributed by atoms with Crippen LogP contribution in [0, 0.1) is 5.92 Å². The van der Waals surface area contributed by atoms with Gasteiger partial charge in [0.15, 0.2) is 0 Å². The van der Waals surface area contributed by atoms with Crippen molar-refractivity contribution in [2.45, 2.75) is 32.7 Å². The van der Waals surface area contributed by atoms with Crippen molar-refractivity contribution in [1.29, 1.82) is 0 Å². The first-order chi connectivity index (χ1) is 8.54. The number of benzene rings is 1. The fourth-order valence-electron chi connectivity index (χ4n) is 1.62. The molecule has 0 spiro atoms. The largest absolute Gasteiger partial charge is 0.508 e. The highest BCUT2D eigenvalue weighted by molar-refractivity contribution is 5.81. The highest BCUT2D eigenvalue weighted by Gasteiger charge is 2.18. The molecule has 0 aliphatic heterocycles. The number of carbonyl (C=O) groups excluding carboxylic acids is 1. The molecule has 18 heavy (non-hydrogen) atoms. The van der Waals surface area contributed by atoms with Gasteiger partial charge in [0, 0.05) is 6.54 Å². The van der Waals surface area contributed by atoms with Crippen molar-refractivity contribution < 1.29 is 9.90 Å². The topological polar surface area (TPSA) is 75.4 Å². The molecule has 0 heterocycles. The maximum absolute atomic E-state index is 11.7. The minimum Gasteiger partial charge on any atom is -0.508 e. The van der Waals surface area contributed by atoms with Gasteiger partial charge in [-0.05, 0) is 30.0 Å². The fourth-order valence-corrected chi connectivity index (χ4v) is 1.62. The summed E-state index contributed by atoms with van der Waals surface area (Å²) in [6.07, 6.45) is 1.63. The smallest absolute Gasteiger partial charge is 0.237 e. The first-order valence-electron chi connectivity index (χ1n) is 6.35. The molecule has 1 aromatic carbocycles. The number of nitrogens with one attached hydrogen (secondary N) is 1. The quantitative estimate of drug-likeness (QED) is 0.715. The van der Waals surface area contributed by atoms with Gasteiger partial charge in [0.05, 0.1) is 6.04 Å². The van der Waals surface area contributed by atoms with Gasteiger partial charge in [0.25, 0.3) is 0 Å². The lowest BCUT2D eigenvalue weighted by atomic mass is 9.99. The van der Waals surface area contributed by atoms with E-state index in [2.05, 4.69) is 5.32 Å². The summed E-state index contributed by atoms with van der Waals surface area (Å²) in [5.41, 5.74) is 6.90. The zero-order chi connectivity index (χ0) is 13.5. The molecule has 1 amide bonds. The summed E-state index contributed by atoms with van der Waals surface area (Å²) >= 11 is 0. The third kappa shape index (κ3) is 4.37. The highest BCUT2D eigenvalue weighted by atomic mass is 16.3. The van der Waals surface area contributed by atoms with Crippen LogP contribution in [-0.2, 0) is 11.2 Å². The summed E-state index contributed by atoms with van der Waals surface area (Å²) in [5, 5.41) is 12.0. The van der Waals surface area contributed by atoms with E-state index < -0.39 is 6.04 Å². The van der Waals surface area contributed by atoms with Gasteiger partial charge in [0.1, 0.15) is 5.75 Å². The summed E-state index contributed by atoms with van der Waals surface area (Å²) in [7, 11) is 0. The van der Waals surface area contributed by atoms with Crippen LogP contribution in [0.1, 0.15) is 25.8 Å². The molecule has 4 N–H and O–H groups in total. The number of amides is 1. The van der Waals surface area contributed by atoms with Gasteiger partial charge < -0.3 is 16.2 Å². The van der Waals surface area contributed by atoms with Crippen molar-refractivity contribution in [3.05, 3.63) is 29.8 Å². The number of hydrogen-bond acceptors (Lipinski definition) is 3. The zero-order valence-electron chi connectivity index (χ0n) is 11.0. The summed E-state index contributed by atoms with van der Waals surface area (Å²) < 4.78 is 0. The van der Waals surface area contributed by atoms with Crippen LogP contribution in [0.2, 0.25) is 0 Å². The van der Waals surface area contributed by atoms with E-state index >= 15 is 0 Å². The van der Waals surface area contributed by atoms with Crippen LogP contribution in [0.25, 0.3) is 0 Å². The van der Waals surface area contributed by atoms with Crippen LogP contribution in [-0.4, -0.2) is 23.6 Å². The van der Waals surface area contributed by atoms with E-state index in [9.17, 15) is 4.79 Å². The molecular formula is C14H22N2O2. The van der Waals surface area contributed by atoms with E-state index in [-0.39, 0.29) is 17.6 Å². The van der Waals surface area contributed by atoms with Gasteiger partial charge in [0.2, 0.25) is 5.91 Å². The second-order valence-electron chi connectivity index (χ2n) is 4.62. The van der Waals surface area contributed by atoms with E-state index in [4.69, 9.17) is 10.8 Å². The van der Waals surface area contributed by atoms with Crippen molar-refractivity contribution in [2.75, 3.05) is 6.54 Å². The number of rotatable bonds is 6. The Morgan fingerprint density at radius 2 is 2.00 bits per heavy atom. The number of nitrogens with two attached hydrogens (primary N) is 1. The average molecular weight is 250 g/mol. The first-order valence-corrected chi connectivity index (χ1v) is 6.35. The van der Waals surface area contributed by atoms with Gasteiger partial charge in [-0.2, -0.15) is 0 Å². The summed E-state index contributed by atoms with van der Waals surface area (Å²) in [6, 6.07) is 6.53. The molecule has 1 aromatic rings. The SMILES string of the molecule is CC[C@H](C)[C@H](N)C(=O)NCCc1ccc(O)cc1. The number of carbonyl (C=O) groups is 1. The third-order valence-electron chi connectivity index (χ3n) is 3.21. The standard InChI is InChI=1S/C14H22N2O2/c1-3-10(2)13(15)14(18)16-9-8-11-4-6-12(17)7-5-11/h4-7,10,13,17H,3,8-9,15H2,1-2H3,(H,16,18)/t10-,13-/m0/s1. The molecule has 0 radical (unpaired) electrons. The van der Waals surface area contributed by atoms with Gasteiger partial charge in [-0.25, -0.2) is 0 Å². The lowest BCUT2D eigenvalue weighted by molar-refractivity contribution is -0.123. The fraction of sp³-hybridized carbons (Fsp3) is 0.500. The number of phenolic OH excluding ortho intramolecular Hbond substituents is 1.